The van der Waals surface area contributed by atoms with Crippen LogP contribution in [0.2, 0.25) is 0 Å². The molecule has 16 heavy (non-hydrogen) atoms. The summed E-state index contributed by atoms with van der Waals surface area (Å²) in [7, 11) is 0. The molecule has 3 N–H and O–H groups in total. The highest BCUT2D eigenvalue weighted by molar-refractivity contribution is 5.53. The second-order valence-electron chi connectivity index (χ2n) is 4.56. The zero-order valence-electron chi connectivity index (χ0n) is 9.76. The summed E-state index contributed by atoms with van der Waals surface area (Å²) < 4.78 is 0. The van der Waals surface area contributed by atoms with E-state index in [1.54, 1.807) is 0 Å². The van der Waals surface area contributed by atoms with E-state index in [-0.39, 0.29) is 6.10 Å². The smallest absolute Gasteiger partial charge is 0.0602 e. The van der Waals surface area contributed by atoms with Gasteiger partial charge in [-0.25, -0.2) is 0 Å². The van der Waals surface area contributed by atoms with Gasteiger partial charge in [0.15, 0.2) is 0 Å². The van der Waals surface area contributed by atoms with Crippen LogP contribution in [0.3, 0.4) is 0 Å². The Morgan fingerprint density at radius 1 is 1.38 bits per heavy atom. The summed E-state index contributed by atoms with van der Waals surface area (Å²) in [6.07, 6.45) is 1.77. The maximum atomic E-state index is 9.83. The molecule has 0 unspecified atom stereocenters. The normalized spacial score (nSPS) is 25.8. The number of piperidine rings is 1. The van der Waals surface area contributed by atoms with Crippen LogP contribution in [0.4, 0.5) is 11.4 Å². The first-order valence-electron chi connectivity index (χ1n) is 5.99. The molecule has 0 bridgehead atoms. The Balaban J connectivity index is 2.08. The number of nitrogens with zero attached hydrogens (tertiary/aromatic N) is 1. The lowest BCUT2D eigenvalue weighted by Gasteiger charge is -2.37. The van der Waals surface area contributed by atoms with Crippen molar-refractivity contribution in [1.82, 2.24) is 0 Å². The van der Waals surface area contributed by atoms with Crippen molar-refractivity contribution in [3.8, 4) is 0 Å². The van der Waals surface area contributed by atoms with E-state index in [0.717, 1.165) is 31.6 Å². The van der Waals surface area contributed by atoms with Gasteiger partial charge in [-0.2, -0.15) is 0 Å². The van der Waals surface area contributed by atoms with Crippen molar-refractivity contribution in [2.75, 3.05) is 23.7 Å². The molecule has 1 aromatic rings. The lowest BCUT2D eigenvalue weighted by molar-refractivity contribution is 0.0860. The fourth-order valence-corrected chi connectivity index (χ4v) is 2.34. The summed E-state index contributed by atoms with van der Waals surface area (Å²) in [6.45, 7) is 4.02. The molecule has 0 radical (unpaired) electrons. The zero-order valence-corrected chi connectivity index (χ0v) is 9.76. The van der Waals surface area contributed by atoms with Gasteiger partial charge in [-0.05, 0) is 37.1 Å². The average molecular weight is 220 g/mol. The number of rotatable bonds is 2. The van der Waals surface area contributed by atoms with Gasteiger partial charge < -0.3 is 15.7 Å². The molecule has 1 aliphatic heterocycles. The highest BCUT2D eigenvalue weighted by Crippen LogP contribution is 2.25. The van der Waals surface area contributed by atoms with E-state index < -0.39 is 0 Å². The van der Waals surface area contributed by atoms with Crippen LogP contribution in [0.5, 0.6) is 0 Å². The molecule has 1 aliphatic rings. The Morgan fingerprint density at radius 3 is 2.69 bits per heavy atom. The van der Waals surface area contributed by atoms with Crippen molar-refractivity contribution in [3.63, 3.8) is 0 Å². The number of aliphatic hydroxyl groups excluding tert-OH is 1. The van der Waals surface area contributed by atoms with Gasteiger partial charge >= 0.3 is 0 Å². The number of anilines is 2. The minimum atomic E-state index is -0.130. The summed E-state index contributed by atoms with van der Waals surface area (Å²) in [5.74, 6) is 0.395. The molecule has 1 fully saturated rings. The van der Waals surface area contributed by atoms with Crippen molar-refractivity contribution >= 4 is 11.4 Å². The molecule has 3 nitrogen and oxygen atoms in total. The van der Waals surface area contributed by atoms with Gasteiger partial charge in [-0.15, -0.1) is 0 Å². The third-order valence-electron chi connectivity index (χ3n) is 3.48. The molecule has 0 aliphatic carbocycles. The summed E-state index contributed by atoms with van der Waals surface area (Å²) >= 11 is 0. The lowest BCUT2D eigenvalue weighted by Crippen LogP contribution is -2.42. The van der Waals surface area contributed by atoms with Crippen LogP contribution in [-0.2, 0) is 0 Å². The molecule has 1 heterocycles. The van der Waals surface area contributed by atoms with Crippen LogP contribution in [-0.4, -0.2) is 24.3 Å². The van der Waals surface area contributed by atoms with Gasteiger partial charge in [0.25, 0.3) is 0 Å². The van der Waals surface area contributed by atoms with E-state index >= 15 is 0 Å². The largest absolute Gasteiger partial charge is 0.399 e. The number of hydrogen-bond donors (Lipinski definition) is 2. The molecule has 0 spiro atoms. The van der Waals surface area contributed by atoms with Crippen LogP contribution in [0.25, 0.3) is 0 Å². The molecule has 1 saturated heterocycles. The molecular weight excluding hydrogens is 200 g/mol. The van der Waals surface area contributed by atoms with Gasteiger partial charge in [0, 0.05) is 30.4 Å². The molecule has 2 rings (SSSR count). The Hall–Kier alpha value is -1.22. The first kappa shape index (κ1) is 11.3. The average Bonchev–Trinajstić information content (AvgIpc) is 2.31. The highest BCUT2D eigenvalue weighted by atomic mass is 16.3. The number of nitrogens with two attached hydrogens (primary N) is 1. The summed E-state index contributed by atoms with van der Waals surface area (Å²) in [4.78, 5) is 2.33. The number of aliphatic hydroxyl groups is 1. The van der Waals surface area contributed by atoms with Crippen molar-refractivity contribution in [1.29, 1.82) is 0 Å². The molecule has 0 aromatic heterocycles. The van der Waals surface area contributed by atoms with Crippen LogP contribution in [0.15, 0.2) is 24.3 Å². The fraction of sp³-hybridized carbons (Fsp3) is 0.538. The van der Waals surface area contributed by atoms with Crippen LogP contribution in [0.1, 0.15) is 19.8 Å². The first-order valence-corrected chi connectivity index (χ1v) is 5.99. The lowest BCUT2D eigenvalue weighted by atomic mass is 9.92. The minimum Gasteiger partial charge on any atom is -0.399 e. The predicted octanol–water partition coefficient (Wildman–Crippen LogP) is 1.87. The third kappa shape index (κ3) is 2.30. The maximum absolute atomic E-state index is 9.83. The molecule has 2 atom stereocenters. The highest BCUT2D eigenvalue weighted by Gasteiger charge is 2.26. The van der Waals surface area contributed by atoms with E-state index in [0.29, 0.717) is 5.92 Å². The molecule has 0 amide bonds. The summed E-state index contributed by atoms with van der Waals surface area (Å²) in [6, 6.07) is 7.97. The Morgan fingerprint density at radius 2 is 2.06 bits per heavy atom. The topological polar surface area (TPSA) is 49.5 Å². The Kier molecular flexibility index (Phi) is 3.34. The van der Waals surface area contributed by atoms with Crippen molar-refractivity contribution in [2.24, 2.45) is 5.92 Å². The van der Waals surface area contributed by atoms with Gasteiger partial charge in [-0.1, -0.05) is 6.92 Å². The van der Waals surface area contributed by atoms with Crippen molar-refractivity contribution < 1.29 is 5.11 Å². The van der Waals surface area contributed by atoms with Crippen LogP contribution >= 0.6 is 0 Å². The van der Waals surface area contributed by atoms with E-state index in [1.165, 1.54) is 5.69 Å². The van der Waals surface area contributed by atoms with E-state index in [1.807, 2.05) is 12.1 Å². The van der Waals surface area contributed by atoms with E-state index in [2.05, 4.69) is 24.0 Å². The quantitative estimate of drug-likeness (QED) is 0.748. The number of hydrogen-bond acceptors (Lipinski definition) is 3. The SMILES string of the molecule is CC[C@@H]1CN(c2ccc(N)cc2)CC[C@@H]1O. The van der Waals surface area contributed by atoms with E-state index in [9.17, 15) is 5.11 Å². The van der Waals surface area contributed by atoms with Gasteiger partial charge in [0.1, 0.15) is 0 Å². The van der Waals surface area contributed by atoms with Gasteiger partial charge in [0.05, 0.1) is 6.10 Å². The second kappa shape index (κ2) is 4.74. The summed E-state index contributed by atoms with van der Waals surface area (Å²) in [5.41, 5.74) is 7.68. The third-order valence-corrected chi connectivity index (χ3v) is 3.48. The number of benzene rings is 1. The second-order valence-corrected chi connectivity index (χ2v) is 4.56. The predicted molar refractivity (Wildman–Crippen MR) is 67.5 cm³/mol. The first-order chi connectivity index (χ1) is 7.70. The molecule has 3 heteroatoms. The molecule has 88 valence electrons. The Bertz CT molecular complexity index is 336. The Labute approximate surface area is 96.9 Å². The maximum Gasteiger partial charge on any atom is 0.0602 e. The van der Waals surface area contributed by atoms with Crippen LogP contribution < -0.4 is 10.6 Å². The van der Waals surface area contributed by atoms with Gasteiger partial charge in [-0.3, -0.25) is 0 Å². The van der Waals surface area contributed by atoms with Crippen LogP contribution in [0, 0.1) is 5.92 Å². The standard InChI is InChI=1S/C13H20N2O/c1-2-10-9-15(8-7-13(10)16)12-5-3-11(14)4-6-12/h3-6,10,13,16H,2,7-9,14H2,1H3/t10-,13+/m1/s1. The number of nitrogen functional groups attached to an aromatic ring is 1. The molecular formula is C13H20N2O. The zero-order chi connectivity index (χ0) is 11.5. The van der Waals surface area contributed by atoms with Crippen molar-refractivity contribution in [3.05, 3.63) is 24.3 Å². The van der Waals surface area contributed by atoms with E-state index in [4.69, 9.17) is 5.73 Å². The monoisotopic (exact) mass is 220 g/mol. The summed E-state index contributed by atoms with van der Waals surface area (Å²) in [5, 5.41) is 9.83. The van der Waals surface area contributed by atoms with Gasteiger partial charge in [0.2, 0.25) is 0 Å². The molecule has 0 saturated carbocycles. The minimum absolute atomic E-state index is 0.130. The van der Waals surface area contributed by atoms with Crippen molar-refractivity contribution in [2.45, 2.75) is 25.9 Å². The fourth-order valence-electron chi connectivity index (χ4n) is 2.34. The molecule has 1 aromatic carbocycles.